The van der Waals surface area contributed by atoms with Gasteiger partial charge in [0.1, 0.15) is 4.83 Å². The van der Waals surface area contributed by atoms with Crippen LogP contribution in [0.15, 0.2) is 50.9 Å². The van der Waals surface area contributed by atoms with E-state index in [-0.39, 0.29) is 23.3 Å². The highest BCUT2D eigenvalue weighted by atomic mass is 32.1. The molecule has 0 spiro atoms. The zero-order chi connectivity index (χ0) is 22.4. The molecule has 0 fully saturated rings. The van der Waals surface area contributed by atoms with Crippen LogP contribution < -0.4 is 21.4 Å². The lowest BCUT2D eigenvalue weighted by atomic mass is 9.89. The van der Waals surface area contributed by atoms with Gasteiger partial charge in [-0.25, -0.2) is 4.79 Å². The zero-order valence-corrected chi connectivity index (χ0v) is 18.7. The normalized spacial score (nSPS) is 12.7. The van der Waals surface area contributed by atoms with Crippen molar-refractivity contribution in [3.05, 3.63) is 83.7 Å². The molecule has 2 N–H and O–H groups in total. The van der Waals surface area contributed by atoms with E-state index < -0.39 is 5.69 Å². The fourth-order valence-corrected chi connectivity index (χ4v) is 5.32. The second kappa shape index (κ2) is 7.94. The molecular formula is C24H23N3O4S. The van der Waals surface area contributed by atoms with E-state index in [0.717, 1.165) is 33.4 Å². The maximum atomic E-state index is 13.5. The van der Waals surface area contributed by atoms with Crippen LogP contribution in [0.1, 0.15) is 30.0 Å². The first-order valence-corrected chi connectivity index (χ1v) is 11.4. The summed E-state index contributed by atoms with van der Waals surface area (Å²) in [6.07, 6.45) is 3.25. The van der Waals surface area contributed by atoms with Gasteiger partial charge in [0.25, 0.3) is 5.56 Å². The van der Waals surface area contributed by atoms with Gasteiger partial charge in [-0.2, -0.15) is 0 Å². The Hall–Kier alpha value is -3.39. The molecule has 3 heterocycles. The van der Waals surface area contributed by atoms with Crippen LogP contribution >= 0.6 is 11.3 Å². The number of aryl methyl sites for hydroxylation is 2. The lowest BCUT2D eigenvalue weighted by Gasteiger charge is -2.16. The van der Waals surface area contributed by atoms with Crippen molar-refractivity contribution in [1.82, 2.24) is 14.5 Å². The number of hydrogen-bond donors (Lipinski definition) is 2. The van der Waals surface area contributed by atoms with Crippen molar-refractivity contribution in [1.29, 1.82) is 0 Å². The number of fused-ring (bicyclic) bond motifs is 5. The number of rotatable bonds is 5. The summed E-state index contributed by atoms with van der Waals surface area (Å²) in [7, 11) is 0. The smallest absolute Gasteiger partial charge is 0.329 e. The molecule has 0 aliphatic heterocycles. The van der Waals surface area contributed by atoms with Crippen LogP contribution in [-0.2, 0) is 19.4 Å². The molecular weight excluding hydrogens is 426 g/mol. The van der Waals surface area contributed by atoms with Crippen molar-refractivity contribution in [2.24, 2.45) is 5.92 Å². The molecule has 7 nitrogen and oxygen atoms in total. The monoisotopic (exact) mass is 449 g/mol. The molecule has 0 amide bonds. The first-order chi connectivity index (χ1) is 15.4. The summed E-state index contributed by atoms with van der Waals surface area (Å²) in [6.45, 7) is 4.40. The highest BCUT2D eigenvalue weighted by Gasteiger charge is 2.24. The molecule has 3 aromatic heterocycles. The number of aromatic nitrogens is 3. The molecule has 164 valence electrons. The fraction of sp³-hybridized carbons (Fsp3) is 0.292. The molecule has 8 heteroatoms. The van der Waals surface area contributed by atoms with Crippen molar-refractivity contribution >= 4 is 21.6 Å². The van der Waals surface area contributed by atoms with Crippen LogP contribution in [0, 0.1) is 5.92 Å². The van der Waals surface area contributed by atoms with Crippen LogP contribution in [0.3, 0.4) is 0 Å². The predicted molar refractivity (Wildman–Crippen MR) is 126 cm³/mol. The molecule has 0 saturated carbocycles. The SMILES string of the molecule is CC(C)COc1c[nH]c(Cn2c(=O)[nH]c3sc4c(c3c2=O)-c2ccccc2CC4)cc1=O. The second-order valence-electron chi connectivity index (χ2n) is 8.47. The van der Waals surface area contributed by atoms with E-state index in [0.29, 0.717) is 28.4 Å². The molecule has 1 aromatic carbocycles. The third kappa shape index (κ3) is 3.50. The molecule has 1 aliphatic rings. The quantitative estimate of drug-likeness (QED) is 0.489. The molecule has 0 radical (unpaired) electrons. The van der Waals surface area contributed by atoms with Gasteiger partial charge in [-0.15, -0.1) is 11.3 Å². The Balaban J connectivity index is 1.58. The number of nitrogens with zero attached hydrogens (tertiary/aromatic N) is 1. The first-order valence-electron chi connectivity index (χ1n) is 10.6. The van der Waals surface area contributed by atoms with E-state index in [2.05, 4.69) is 16.0 Å². The van der Waals surface area contributed by atoms with E-state index in [4.69, 9.17) is 4.74 Å². The van der Waals surface area contributed by atoms with Crippen molar-refractivity contribution in [3.63, 3.8) is 0 Å². The van der Waals surface area contributed by atoms with E-state index in [1.807, 2.05) is 32.0 Å². The maximum absolute atomic E-state index is 13.5. The Kier molecular flexibility index (Phi) is 5.09. The molecule has 5 rings (SSSR count). The molecule has 0 bridgehead atoms. The maximum Gasteiger partial charge on any atom is 0.329 e. The summed E-state index contributed by atoms with van der Waals surface area (Å²) in [5.74, 6) is 0.516. The minimum atomic E-state index is -0.490. The standard InChI is InChI=1S/C24H23N3O4S/c1-13(2)12-31-18-10-25-15(9-17(18)28)11-27-23(29)21-20-16-6-4-3-5-14(16)7-8-19(20)32-22(21)26-24(27)30/h3-6,9-10,13H,7-8,11-12H2,1-2H3,(H,25,28)(H,26,30). The van der Waals surface area contributed by atoms with Crippen molar-refractivity contribution in [3.8, 4) is 16.9 Å². The summed E-state index contributed by atoms with van der Waals surface area (Å²) in [5, 5.41) is 0.538. The van der Waals surface area contributed by atoms with Gasteiger partial charge in [-0.3, -0.25) is 19.1 Å². The van der Waals surface area contributed by atoms with Gasteiger partial charge in [0.2, 0.25) is 5.43 Å². The minimum Gasteiger partial charge on any atom is -0.488 e. The predicted octanol–water partition coefficient (Wildman–Crippen LogP) is 3.29. The summed E-state index contributed by atoms with van der Waals surface area (Å²) < 4.78 is 6.66. The van der Waals surface area contributed by atoms with Gasteiger partial charge in [-0.1, -0.05) is 38.1 Å². The topological polar surface area (TPSA) is 96.9 Å². The van der Waals surface area contributed by atoms with Crippen LogP contribution in [0.25, 0.3) is 21.3 Å². The number of ether oxygens (including phenoxy) is 1. The Morgan fingerprint density at radius 3 is 2.75 bits per heavy atom. The number of pyridine rings is 1. The Bertz CT molecular complexity index is 1510. The van der Waals surface area contributed by atoms with Crippen LogP contribution in [-0.4, -0.2) is 21.1 Å². The van der Waals surface area contributed by atoms with Crippen LogP contribution in [0.4, 0.5) is 0 Å². The third-order valence-electron chi connectivity index (χ3n) is 5.65. The van der Waals surface area contributed by atoms with Crippen LogP contribution in [0.5, 0.6) is 5.75 Å². The third-order valence-corrected chi connectivity index (χ3v) is 6.82. The van der Waals surface area contributed by atoms with Crippen LogP contribution in [0.2, 0.25) is 0 Å². The molecule has 32 heavy (non-hydrogen) atoms. The van der Waals surface area contributed by atoms with Gasteiger partial charge < -0.3 is 9.72 Å². The summed E-state index contributed by atoms with van der Waals surface area (Å²) in [5.41, 5.74) is 2.52. The molecule has 0 atom stereocenters. The summed E-state index contributed by atoms with van der Waals surface area (Å²) >= 11 is 1.48. The van der Waals surface area contributed by atoms with Gasteiger partial charge >= 0.3 is 5.69 Å². The number of aromatic amines is 2. The lowest BCUT2D eigenvalue weighted by molar-refractivity contribution is 0.267. The van der Waals surface area contributed by atoms with Gasteiger partial charge in [0.05, 0.1) is 18.5 Å². The van der Waals surface area contributed by atoms with E-state index >= 15 is 0 Å². The van der Waals surface area contributed by atoms with Crippen molar-refractivity contribution in [2.75, 3.05) is 6.61 Å². The number of benzene rings is 1. The summed E-state index contributed by atoms with van der Waals surface area (Å²) in [6, 6.07) is 9.46. The first kappa shape index (κ1) is 20.5. The average molecular weight is 450 g/mol. The van der Waals surface area contributed by atoms with E-state index in [1.165, 1.54) is 29.2 Å². The number of H-pyrrole nitrogens is 2. The number of nitrogens with one attached hydrogen (secondary N) is 2. The molecule has 4 aromatic rings. The van der Waals surface area contributed by atoms with E-state index in [1.54, 1.807) is 0 Å². The Morgan fingerprint density at radius 2 is 1.97 bits per heavy atom. The van der Waals surface area contributed by atoms with Crippen molar-refractivity contribution in [2.45, 2.75) is 33.2 Å². The molecule has 1 aliphatic carbocycles. The summed E-state index contributed by atoms with van der Waals surface area (Å²) in [4.78, 5) is 46.2. The average Bonchev–Trinajstić information content (AvgIpc) is 3.14. The second-order valence-corrected chi connectivity index (χ2v) is 9.58. The fourth-order valence-electron chi connectivity index (χ4n) is 4.13. The largest absolute Gasteiger partial charge is 0.488 e. The molecule has 0 unspecified atom stereocenters. The van der Waals surface area contributed by atoms with E-state index in [9.17, 15) is 14.4 Å². The molecule has 0 saturated heterocycles. The van der Waals surface area contributed by atoms with Gasteiger partial charge in [0, 0.05) is 28.4 Å². The highest BCUT2D eigenvalue weighted by molar-refractivity contribution is 7.19. The van der Waals surface area contributed by atoms with Crippen molar-refractivity contribution < 1.29 is 4.74 Å². The lowest BCUT2D eigenvalue weighted by Crippen LogP contribution is -2.35. The Morgan fingerprint density at radius 1 is 1.16 bits per heavy atom. The number of hydrogen-bond acceptors (Lipinski definition) is 5. The zero-order valence-electron chi connectivity index (χ0n) is 17.9. The van der Waals surface area contributed by atoms with Gasteiger partial charge in [0.15, 0.2) is 5.75 Å². The number of thiophene rings is 1. The minimum absolute atomic E-state index is 0.0317. The highest BCUT2D eigenvalue weighted by Crippen LogP contribution is 2.41. The Labute approximate surface area is 187 Å². The van der Waals surface area contributed by atoms with Gasteiger partial charge in [-0.05, 0) is 29.9 Å².